The standard InChI is InChI=1S/C26H34N4O5/c1-5-29(4)25-27-20-12-11-19(14-23(20)35-25)24(32)30(15-17(2)3)16-22(31)21(28-26(33)34)13-18-9-7-6-8-10-18/h6-12,14,17,21-22,28,31H,5,13,15-16H2,1-4H3,(H,33,34)/t21-,22+/m0/s1. The summed E-state index contributed by atoms with van der Waals surface area (Å²) >= 11 is 0. The van der Waals surface area contributed by atoms with Gasteiger partial charge in [0.15, 0.2) is 5.58 Å². The number of aliphatic hydroxyl groups is 1. The summed E-state index contributed by atoms with van der Waals surface area (Å²) in [4.78, 5) is 32.7. The van der Waals surface area contributed by atoms with Gasteiger partial charge in [0.2, 0.25) is 0 Å². The second-order valence-corrected chi connectivity index (χ2v) is 9.11. The number of rotatable bonds is 11. The summed E-state index contributed by atoms with van der Waals surface area (Å²) in [6.07, 6.45) is -2.03. The molecule has 9 nitrogen and oxygen atoms in total. The number of hydrogen-bond donors (Lipinski definition) is 3. The van der Waals surface area contributed by atoms with Crippen LogP contribution in [0.25, 0.3) is 11.1 Å². The van der Waals surface area contributed by atoms with Crippen molar-refractivity contribution in [3.63, 3.8) is 0 Å². The quantitative estimate of drug-likeness (QED) is 0.382. The van der Waals surface area contributed by atoms with E-state index in [1.165, 1.54) is 0 Å². The minimum absolute atomic E-state index is 0.0208. The smallest absolute Gasteiger partial charge is 0.404 e. The van der Waals surface area contributed by atoms with Crippen molar-refractivity contribution in [1.29, 1.82) is 0 Å². The first-order valence-corrected chi connectivity index (χ1v) is 11.8. The van der Waals surface area contributed by atoms with Crippen LogP contribution in [0.1, 0.15) is 36.7 Å². The Labute approximate surface area is 205 Å². The molecule has 3 aromatic rings. The number of nitrogens with one attached hydrogen (secondary N) is 1. The number of oxazole rings is 1. The van der Waals surface area contributed by atoms with Crippen molar-refractivity contribution in [3.05, 3.63) is 59.7 Å². The van der Waals surface area contributed by atoms with Gasteiger partial charge < -0.3 is 29.7 Å². The third-order valence-electron chi connectivity index (χ3n) is 5.78. The Morgan fingerprint density at radius 2 is 1.83 bits per heavy atom. The van der Waals surface area contributed by atoms with Crippen molar-refractivity contribution in [1.82, 2.24) is 15.2 Å². The zero-order valence-corrected chi connectivity index (χ0v) is 20.6. The summed E-state index contributed by atoms with van der Waals surface area (Å²) in [6.45, 7) is 7.06. The summed E-state index contributed by atoms with van der Waals surface area (Å²) < 4.78 is 5.82. The summed E-state index contributed by atoms with van der Waals surface area (Å²) in [5.74, 6) is -0.125. The molecule has 0 spiro atoms. The predicted molar refractivity (Wildman–Crippen MR) is 135 cm³/mol. The molecule has 0 radical (unpaired) electrons. The number of aromatic nitrogens is 1. The third kappa shape index (κ3) is 6.95. The van der Waals surface area contributed by atoms with Crippen LogP contribution in [-0.2, 0) is 6.42 Å². The number of amides is 2. The van der Waals surface area contributed by atoms with Gasteiger partial charge in [-0.05, 0) is 43.0 Å². The summed E-state index contributed by atoms with van der Waals surface area (Å²) in [7, 11) is 1.87. The summed E-state index contributed by atoms with van der Waals surface area (Å²) in [5.41, 5.74) is 2.46. The average molecular weight is 483 g/mol. The van der Waals surface area contributed by atoms with E-state index < -0.39 is 18.2 Å². The Morgan fingerprint density at radius 3 is 2.46 bits per heavy atom. The molecule has 0 unspecified atom stereocenters. The number of aliphatic hydroxyl groups excluding tert-OH is 1. The van der Waals surface area contributed by atoms with Crippen LogP contribution >= 0.6 is 0 Å². The number of anilines is 1. The normalized spacial score (nSPS) is 13.0. The number of benzene rings is 2. The van der Waals surface area contributed by atoms with Crippen LogP contribution in [0, 0.1) is 5.92 Å². The highest BCUT2D eigenvalue weighted by molar-refractivity contribution is 5.97. The largest absolute Gasteiger partial charge is 0.465 e. The maximum atomic E-state index is 13.5. The van der Waals surface area contributed by atoms with Crippen LogP contribution in [0.2, 0.25) is 0 Å². The fraction of sp³-hybridized carbons (Fsp3) is 0.423. The molecule has 0 saturated carbocycles. The minimum Gasteiger partial charge on any atom is -0.465 e. The van der Waals surface area contributed by atoms with Crippen LogP contribution in [0.5, 0.6) is 0 Å². The summed E-state index contributed by atoms with van der Waals surface area (Å²) in [5, 5.41) is 22.7. The lowest BCUT2D eigenvalue weighted by atomic mass is 10.00. The van der Waals surface area contributed by atoms with E-state index in [1.54, 1.807) is 23.1 Å². The van der Waals surface area contributed by atoms with Gasteiger partial charge in [-0.15, -0.1) is 0 Å². The van der Waals surface area contributed by atoms with Crippen LogP contribution in [0.15, 0.2) is 52.9 Å². The van der Waals surface area contributed by atoms with Crippen molar-refractivity contribution >= 4 is 29.1 Å². The van der Waals surface area contributed by atoms with Crippen LogP contribution in [0.3, 0.4) is 0 Å². The van der Waals surface area contributed by atoms with Crippen molar-refractivity contribution < 1.29 is 24.2 Å². The first-order valence-electron chi connectivity index (χ1n) is 11.8. The van der Waals surface area contributed by atoms with E-state index in [-0.39, 0.29) is 18.4 Å². The Hall–Kier alpha value is -3.59. The molecule has 0 aliphatic carbocycles. The van der Waals surface area contributed by atoms with E-state index in [2.05, 4.69) is 10.3 Å². The molecule has 0 saturated heterocycles. The zero-order valence-electron chi connectivity index (χ0n) is 20.6. The van der Waals surface area contributed by atoms with Gasteiger partial charge >= 0.3 is 6.09 Å². The number of carbonyl (C=O) groups is 2. The fourth-order valence-electron chi connectivity index (χ4n) is 3.87. The van der Waals surface area contributed by atoms with Gasteiger partial charge in [0, 0.05) is 32.2 Å². The highest BCUT2D eigenvalue weighted by Crippen LogP contribution is 2.23. The van der Waals surface area contributed by atoms with Gasteiger partial charge in [0.05, 0.1) is 12.1 Å². The average Bonchev–Trinajstić information content (AvgIpc) is 3.25. The number of fused-ring (bicyclic) bond motifs is 1. The first kappa shape index (κ1) is 26.0. The molecule has 1 heterocycles. The Morgan fingerprint density at radius 1 is 1.11 bits per heavy atom. The van der Waals surface area contributed by atoms with E-state index in [0.29, 0.717) is 35.6 Å². The van der Waals surface area contributed by atoms with E-state index >= 15 is 0 Å². The molecule has 0 aliphatic heterocycles. The Kier molecular flexibility index (Phi) is 8.70. The number of nitrogens with zero attached hydrogens (tertiary/aromatic N) is 3. The predicted octanol–water partition coefficient (Wildman–Crippen LogP) is 3.62. The third-order valence-corrected chi connectivity index (χ3v) is 5.78. The van der Waals surface area contributed by atoms with Crippen LogP contribution in [0.4, 0.5) is 10.8 Å². The fourth-order valence-corrected chi connectivity index (χ4v) is 3.87. The highest BCUT2D eigenvalue weighted by atomic mass is 16.4. The van der Waals surface area contributed by atoms with Crippen molar-refractivity contribution in [2.45, 2.75) is 39.3 Å². The highest BCUT2D eigenvalue weighted by Gasteiger charge is 2.27. The Balaban J connectivity index is 1.82. The molecule has 3 rings (SSSR count). The molecule has 9 heteroatoms. The molecule has 2 amide bonds. The Bertz CT molecular complexity index is 1130. The molecule has 0 fully saturated rings. The molecule has 2 aromatic carbocycles. The zero-order chi connectivity index (χ0) is 25.5. The topological polar surface area (TPSA) is 119 Å². The minimum atomic E-state index is -1.23. The lowest BCUT2D eigenvalue weighted by Gasteiger charge is -2.31. The molecular weight excluding hydrogens is 448 g/mol. The van der Waals surface area contributed by atoms with E-state index in [4.69, 9.17) is 4.42 Å². The van der Waals surface area contributed by atoms with E-state index in [1.807, 2.05) is 63.1 Å². The SMILES string of the molecule is CCN(C)c1nc2ccc(C(=O)N(CC(C)C)C[C@@H](O)[C@H](Cc3ccccc3)NC(=O)O)cc2o1. The maximum Gasteiger partial charge on any atom is 0.404 e. The van der Waals surface area contributed by atoms with Crippen molar-refractivity contribution in [2.24, 2.45) is 5.92 Å². The van der Waals surface area contributed by atoms with Gasteiger partial charge in [-0.3, -0.25) is 4.79 Å². The van der Waals surface area contributed by atoms with Gasteiger partial charge in [-0.2, -0.15) is 4.98 Å². The molecule has 188 valence electrons. The van der Waals surface area contributed by atoms with Crippen LogP contribution in [-0.4, -0.2) is 70.9 Å². The number of carboxylic acid groups (broad SMARTS) is 1. The molecular formula is C26H34N4O5. The lowest BCUT2D eigenvalue weighted by molar-refractivity contribution is 0.0509. The molecule has 35 heavy (non-hydrogen) atoms. The summed E-state index contributed by atoms with van der Waals surface area (Å²) in [6, 6.07) is 14.1. The van der Waals surface area contributed by atoms with Crippen molar-refractivity contribution in [3.8, 4) is 0 Å². The van der Waals surface area contributed by atoms with E-state index in [0.717, 1.165) is 12.1 Å². The van der Waals surface area contributed by atoms with Gasteiger partial charge in [-0.1, -0.05) is 44.2 Å². The van der Waals surface area contributed by atoms with Gasteiger partial charge in [-0.25, -0.2) is 4.79 Å². The molecule has 0 bridgehead atoms. The molecule has 0 aliphatic rings. The second-order valence-electron chi connectivity index (χ2n) is 9.11. The monoisotopic (exact) mass is 482 g/mol. The molecule has 2 atom stereocenters. The second kappa shape index (κ2) is 11.7. The van der Waals surface area contributed by atoms with E-state index in [9.17, 15) is 19.8 Å². The van der Waals surface area contributed by atoms with Crippen LogP contribution < -0.4 is 10.2 Å². The number of hydrogen-bond acceptors (Lipinski definition) is 6. The van der Waals surface area contributed by atoms with Gasteiger partial charge in [0.25, 0.3) is 11.9 Å². The molecule has 1 aromatic heterocycles. The van der Waals surface area contributed by atoms with Gasteiger partial charge in [0.1, 0.15) is 5.52 Å². The first-order chi connectivity index (χ1) is 16.7. The lowest BCUT2D eigenvalue weighted by Crippen LogP contribution is -2.50. The molecule has 3 N–H and O–H groups in total. The number of carbonyl (C=O) groups excluding carboxylic acids is 1. The van der Waals surface area contributed by atoms with Crippen molar-refractivity contribution in [2.75, 3.05) is 31.6 Å². The maximum absolute atomic E-state index is 13.5.